The number of hydrogen-bond donors (Lipinski definition) is 1. The van der Waals surface area contributed by atoms with Crippen LogP contribution in [0.4, 0.5) is 5.82 Å². The lowest BCUT2D eigenvalue weighted by Crippen LogP contribution is -2.02. The minimum absolute atomic E-state index is 0.304. The molecule has 0 atom stereocenters. The molecule has 0 aliphatic rings. The molecule has 0 aliphatic carbocycles. The van der Waals surface area contributed by atoms with Crippen molar-refractivity contribution in [3.63, 3.8) is 0 Å². The number of nitrogens with one attached hydrogen (secondary N) is 1. The highest BCUT2D eigenvalue weighted by Gasteiger charge is 2.21. The van der Waals surface area contributed by atoms with Crippen LogP contribution in [0.15, 0.2) is 34.9 Å². The quantitative estimate of drug-likeness (QED) is 0.803. The third-order valence-electron chi connectivity index (χ3n) is 2.80. The van der Waals surface area contributed by atoms with Crippen LogP contribution in [0.5, 0.6) is 0 Å². The lowest BCUT2D eigenvalue weighted by Gasteiger charge is -2.06. The lowest BCUT2D eigenvalue weighted by atomic mass is 10.3. The number of aryl methyl sites for hydroxylation is 1. The molecule has 1 aromatic carbocycles. The van der Waals surface area contributed by atoms with Gasteiger partial charge in [0.2, 0.25) is 0 Å². The molecule has 0 radical (unpaired) electrons. The van der Waals surface area contributed by atoms with Crippen LogP contribution >= 0.6 is 11.6 Å². The molecule has 0 bridgehead atoms. The van der Waals surface area contributed by atoms with Gasteiger partial charge in [0.1, 0.15) is 10.8 Å². The fourth-order valence-corrected chi connectivity index (χ4v) is 2.19. The van der Waals surface area contributed by atoms with Gasteiger partial charge in [0.15, 0.2) is 11.5 Å². The third-order valence-corrected chi connectivity index (χ3v) is 3.15. The van der Waals surface area contributed by atoms with E-state index in [1.54, 1.807) is 18.7 Å². The number of anilines is 1. The maximum Gasteiger partial charge on any atom is 0.280 e. The zero-order chi connectivity index (χ0) is 14.1. The fraction of sp³-hybridized carbons (Fsp3) is 0.154. The molecule has 0 saturated carbocycles. The third kappa shape index (κ3) is 2.04. The number of halogens is 1. The summed E-state index contributed by atoms with van der Waals surface area (Å²) in [5, 5.41) is 11.7. The molecule has 0 unspecified atom stereocenters. The molecule has 20 heavy (non-hydrogen) atoms. The van der Waals surface area contributed by atoms with Crippen LogP contribution < -0.4 is 5.32 Å². The number of nitrogens with zero attached hydrogens (tertiary/aromatic N) is 4. The van der Waals surface area contributed by atoms with Gasteiger partial charge in [0.05, 0.1) is 5.69 Å². The number of para-hydroxylation sites is 1. The van der Waals surface area contributed by atoms with Gasteiger partial charge in [-0.05, 0) is 19.1 Å². The number of hydrogen-bond acceptors (Lipinski definition) is 5. The molecule has 1 N–H and O–H groups in total. The van der Waals surface area contributed by atoms with Gasteiger partial charge in [0, 0.05) is 7.05 Å². The Balaban J connectivity index is 2.17. The van der Waals surface area contributed by atoms with Crippen molar-refractivity contribution in [2.45, 2.75) is 6.92 Å². The summed E-state index contributed by atoms with van der Waals surface area (Å²) in [4.78, 5) is 4.16. The van der Waals surface area contributed by atoms with Gasteiger partial charge in [-0.1, -0.05) is 35.0 Å². The Morgan fingerprint density at radius 3 is 2.60 bits per heavy atom. The van der Waals surface area contributed by atoms with Crippen LogP contribution in [0, 0.1) is 6.92 Å². The highest BCUT2D eigenvalue weighted by atomic mass is 35.5. The zero-order valence-electron chi connectivity index (χ0n) is 11.0. The minimum atomic E-state index is 0.304. The second kappa shape index (κ2) is 4.97. The largest absolute Gasteiger partial charge is 0.372 e. The van der Waals surface area contributed by atoms with Crippen molar-refractivity contribution >= 4 is 17.4 Å². The molecule has 7 heteroatoms. The Hall–Kier alpha value is -2.34. The Labute approximate surface area is 120 Å². The summed E-state index contributed by atoms with van der Waals surface area (Å²) in [6, 6.07) is 9.68. The first kappa shape index (κ1) is 12.7. The van der Waals surface area contributed by atoms with E-state index in [2.05, 4.69) is 20.6 Å². The van der Waals surface area contributed by atoms with E-state index in [0.29, 0.717) is 28.2 Å². The topological polar surface area (TPSA) is 68.8 Å². The number of benzene rings is 1. The molecular weight excluding hydrogens is 278 g/mol. The summed E-state index contributed by atoms with van der Waals surface area (Å²) in [6.07, 6.45) is 0. The summed E-state index contributed by atoms with van der Waals surface area (Å²) < 4.78 is 6.84. The van der Waals surface area contributed by atoms with Gasteiger partial charge in [-0.25, -0.2) is 4.68 Å². The van der Waals surface area contributed by atoms with Gasteiger partial charge < -0.3 is 9.84 Å². The molecule has 3 rings (SSSR count). The molecular formula is C13H12ClN5O. The van der Waals surface area contributed by atoms with E-state index < -0.39 is 0 Å². The highest BCUT2D eigenvalue weighted by Crippen LogP contribution is 2.34. The van der Waals surface area contributed by atoms with E-state index in [9.17, 15) is 0 Å². The van der Waals surface area contributed by atoms with E-state index in [1.165, 1.54) is 0 Å². The average Bonchev–Trinajstić information content (AvgIpc) is 3.03. The van der Waals surface area contributed by atoms with E-state index >= 15 is 0 Å². The van der Waals surface area contributed by atoms with Crippen LogP contribution in [0.1, 0.15) is 5.82 Å². The minimum Gasteiger partial charge on any atom is -0.372 e. The Bertz CT molecular complexity index is 735. The smallest absolute Gasteiger partial charge is 0.280 e. The molecule has 0 aliphatic heterocycles. The van der Waals surface area contributed by atoms with E-state index in [0.717, 1.165) is 5.69 Å². The number of aromatic nitrogens is 4. The first-order valence-corrected chi connectivity index (χ1v) is 6.41. The predicted octanol–water partition coefficient (Wildman–Crippen LogP) is 2.93. The maximum absolute atomic E-state index is 6.35. The summed E-state index contributed by atoms with van der Waals surface area (Å²) in [7, 11) is 1.78. The molecule has 2 aromatic heterocycles. The first-order chi connectivity index (χ1) is 9.70. The summed E-state index contributed by atoms with van der Waals surface area (Å²) in [5.74, 6) is 1.51. The van der Waals surface area contributed by atoms with E-state index in [1.807, 2.05) is 30.3 Å². The molecule has 0 amide bonds. The van der Waals surface area contributed by atoms with Gasteiger partial charge in [-0.3, -0.25) is 0 Å². The Morgan fingerprint density at radius 1 is 1.25 bits per heavy atom. The Morgan fingerprint density at radius 2 is 2.00 bits per heavy atom. The SMILES string of the molecule is CNc1c(Cl)c(-c2nc(C)no2)nn1-c1ccccc1. The van der Waals surface area contributed by atoms with Crippen molar-refractivity contribution in [1.82, 2.24) is 19.9 Å². The fourth-order valence-electron chi connectivity index (χ4n) is 1.90. The molecule has 0 saturated heterocycles. The van der Waals surface area contributed by atoms with E-state index in [4.69, 9.17) is 16.1 Å². The monoisotopic (exact) mass is 289 g/mol. The summed E-state index contributed by atoms with van der Waals surface area (Å²) in [6.45, 7) is 1.74. The second-order valence-corrected chi connectivity index (χ2v) is 4.53. The van der Waals surface area contributed by atoms with Crippen LogP contribution in [0.3, 0.4) is 0 Å². The standard InChI is InChI=1S/C13H12ClN5O/c1-8-16-13(20-18-8)11-10(14)12(15-2)19(17-11)9-6-4-3-5-7-9/h3-7,15H,1-2H3. The summed E-state index contributed by atoms with van der Waals surface area (Å²) in [5.41, 5.74) is 1.35. The first-order valence-electron chi connectivity index (χ1n) is 6.03. The van der Waals surface area contributed by atoms with Gasteiger partial charge in [-0.2, -0.15) is 10.1 Å². The average molecular weight is 290 g/mol. The summed E-state index contributed by atoms with van der Waals surface area (Å²) >= 11 is 6.35. The molecule has 2 heterocycles. The molecule has 3 aromatic rings. The van der Waals surface area contributed by atoms with Crippen LogP contribution in [0.2, 0.25) is 5.02 Å². The molecule has 6 nitrogen and oxygen atoms in total. The van der Waals surface area contributed by atoms with Gasteiger partial charge >= 0.3 is 0 Å². The molecule has 0 spiro atoms. The second-order valence-electron chi connectivity index (χ2n) is 4.16. The normalized spacial score (nSPS) is 10.8. The van der Waals surface area contributed by atoms with Gasteiger partial charge in [0.25, 0.3) is 5.89 Å². The van der Waals surface area contributed by atoms with Crippen molar-refractivity contribution in [1.29, 1.82) is 0 Å². The Kier molecular flexibility index (Phi) is 3.15. The molecule has 0 fully saturated rings. The van der Waals surface area contributed by atoms with Crippen molar-refractivity contribution in [2.75, 3.05) is 12.4 Å². The predicted molar refractivity (Wildman–Crippen MR) is 76.1 cm³/mol. The lowest BCUT2D eigenvalue weighted by molar-refractivity contribution is 0.424. The van der Waals surface area contributed by atoms with Crippen molar-refractivity contribution in [3.05, 3.63) is 41.2 Å². The van der Waals surface area contributed by atoms with E-state index in [-0.39, 0.29) is 0 Å². The highest BCUT2D eigenvalue weighted by molar-refractivity contribution is 6.35. The molecule has 102 valence electrons. The number of rotatable bonds is 3. The van der Waals surface area contributed by atoms with Crippen molar-refractivity contribution < 1.29 is 4.52 Å². The van der Waals surface area contributed by atoms with Crippen molar-refractivity contribution in [3.8, 4) is 17.3 Å². The van der Waals surface area contributed by atoms with Crippen LogP contribution in [-0.4, -0.2) is 27.0 Å². The van der Waals surface area contributed by atoms with Crippen molar-refractivity contribution in [2.24, 2.45) is 0 Å². The van der Waals surface area contributed by atoms with Crippen LogP contribution in [-0.2, 0) is 0 Å². The maximum atomic E-state index is 6.35. The zero-order valence-corrected chi connectivity index (χ0v) is 11.7. The van der Waals surface area contributed by atoms with Gasteiger partial charge in [-0.15, -0.1) is 0 Å². The van der Waals surface area contributed by atoms with Crippen LogP contribution in [0.25, 0.3) is 17.3 Å².